The molecule has 1 rings (SSSR count). The molecule has 0 fully saturated rings. The molecule has 16 heavy (non-hydrogen) atoms. The zero-order chi connectivity index (χ0) is 12.0. The summed E-state index contributed by atoms with van der Waals surface area (Å²) in [6.45, 7) is 3.65. The van der Waals surface area contributed by atoms with E-state index in [1.807, 2.05) is 0 Å². The molecule has 0 aliphatic carbocycles. The van der Waals surface area contributed by atoms with Crippen LogP contribution in [0.15, 0.2) is 18.2 Å². The zero-order valence-corrected chi connectivity index (χ0v) is 9.63. The third kappa shape index (κ3) is 3.57. The molecule has 2 nitrogen and oxygen atoms in total. The summed E-state index contributed by atoms with van der Waals surface area (Å²) in [5.74, 6) is 0.329. The average molecular weight is 223 g/mol. The van der Waals surface area contributed by atoms with Gasteiger partial charge < -0.3 is 0 Å². The Kier molecular flexibility index (Phi) is 4.83. The van der Waals surface area contributed by atoms with E-state index in [0.717, 1.165) is 24.8 Å². The lowest BCUT2D eigenvalue weighted by molar-refractivity contribution is -0.366. The normalized spacial score (nSPS) is 11.6. The third-order valence-corrected chi connectivity index (χ3v) is 2.27. The fourth-order valence-electron chi connectivity index (χ4n) is 1.39. The molecule has 0 heterocycles. The summed E-state index contributed by atoms with van der Waals surface area (Å²) in [6, 6.07) is 4.44. The van der Waals surface area contributed by atoms with E-state index in [9.17, 15) is 9.18 Å². The van der Waals surface area contributed by atoms with E-state index in [-0.39, 0.29) is 11.6 Å². The standard InChI is InChI=1S/C13H16FO2/c1-3-4-5-11-6-7-12(14)8-13(11)16-10(2)9-15/h6-9H,3-5H2,1-2H3/q+1. The van der Waals surface area contributed by atoms with Gasteiger partial charge in [0.1, 0.15) is 5.82 Å². The second-order valence-corrected chi connectivity index (χ2v) is 3.69. The monoisotopic (exact) mass is 223 g/mol. The number of ketones is 1. The highest BCUT2D eigenvalue weighted by molar-refractivity contribution is 6.24. The molecular weight excluding hydrogens is 207 g/mol. The second-order valence-electron chi connectivity index (χ2n) is 3.69. The predicted octanol–water partition coefficient (Wildman–Crippen LogP) is 3.21. The van der Waals surface area contributed by atoms with Crippen molar-refractivity contribution in [2.75, 3.05) is 0 Å². The molecule has 0 bridgehead atoms. The highest BCUT2D eigenvalue weighted by Gasteiger charge is 2.14. The van der Waals surface area contributed by atoms with Crippen molar-refractivity contribution in [2.45, 2.75) is 33.1 Å². The van der Waals surface area contributed by atoms with Crippen LogP contribution in [-0.2, 0) is 15.6 Å². The van der Waals surface area contributed by atoms with Gasteiger partial charge in [-0.25, -0.2) is 8.82 Å². The number of benzene rings is 1. The van der Waals surface area contributed by atoms with Crippen molar-refractivity contribution in [3.05, 3.63) is 29.6 Å². The largest absolute Gasteiger partial charge is 0.366 e. The van der Waals surface area contributed by atoms with E-state index in [1.165, 1.54) is 12.1 Å². The molecule has 0 unspecified atom stereocenters. The lowest BCUT2D eigenvalue weighted by atomic mass is 10.1. The summed E-state index contributed by atoms with van der Waals surface area (Å²) >= 11 is 0. The lowest BCUT2D eigenvalue weighted by Gasteiger charge is -1.97. The van der Waals surface area contributed by atoms with Gasteiger partial charge in [-0.15, -0.1) is 0 Å². The van der Waals surface area contributed by atoms with Gasteiger partial charge >= 0.3 is 11.5 Å². The molecule has 0 spiro atoms. The van der Waals surface area contributed by atoms with Crippen LogP contribution >= 0.6 is 0 Å². The minimum absolute atomic E-state index is 0.239. The highest BCUT2D eigenvalue weighted by Crippen LogP contribution is 2.22. The van der Waals surface area contributed by atoms with E-state index in [0.29, 0.717) is 12.0 Å². The van der Waals surface area contributed by atoms with Crippen LogP contribution in [0.2, 0.25) is 0 Å². The number of unbranched alkanes of at least 4 members (excludes halogenated alkanes) is 1. The molecule has 0 amide bonds. The number of hydrogen-bond acceptors (Lipinski definition) is 1. The van der Waals surface area contributed by atoms with Crippen molar-refractivity contribution < 1.29 is 13.6 Å². The third-order valence-electron chi connectivity index (χ3n) is 2.27. The van der Waals surface area contributed by atoms with Crippen LogP contribution in [0.3, 0.4) is 0 Å². The number of halogens is 1. The maximum atomic E-state index is 13.0. The fraction of sp³-hybridized carbons (Fsp3) is 0.385. The smallest absolute Gasteiger partial charge is 0.288 e. The molecule has 0 saturated carbocycles. The average Bonchev–Trinajstić information content (AvgIpc) is 2.28. The van der Waals surface area contributed by atoms with Crippen LogP contribution in [0, 0.1) is 5.82 Å². The van der Waals surface area contributed by atoms with Gasteiger partial charge in [0.05, 0.1) is 18.6 Å². The van der Waals surface area contributed by atoms with E-state index >= 15 is 0 Å². The number of carbonyl (C=O) groups excluding carboxylic acids is 2. The minimum Gasteiger partial charge on any atom is -0.288 e. The van der Waals surface area contributed by atoms with Crippen LogP contribution in [0.5, 0.6) is 5.75 Å². The molecule has 1 aromatic rings. The Labute approximate surface area is 94.8 Å². The van der Waals surface area contributed by atoms with Crippen molar-refractivity contribution in [2.24, 2.45) is 0 Å². The first kappa shape index (κ1) is 12.6. The van der Waals surface area contributed by atoms with Gasteiger partial charge in [0.2, 0.25) is 6.29 Å². The zero-order valence-electron chi connectivity index (χ0n) is 9.63. The number of aryl methyl sites for hydroxylation is 1. The molecule has 0 aliphatic heterocycles. The quantitative estimate of drug-likeness (QED) is 0.428. The summed E-state index contributed by atoms with van der Waals surface area (Å²) in [5.41, 5.74) is 0.935. The Morgan fingerprint density at radius 3 is 2.88 bits per heavy atom. The Morgan fingerprint density at radius 2 is 2.25 bits per heavy atom. The molecule has 0 saturated heterocycles. The summed E-state index contributed by atoms with van der Waals surface area (Å²) < 4.78 is 18.3. The summed E-state index contributed by atoms with van der Waals surface area (Å²) in [5, 5.41) is 0. The van der Waals surface area contributed by atoms with Gasteiger partial charge in [-0.1, -0.05) is 13.3 Å². The number of aldehydes is 1. The molecule has 3 heteroatoms. The summed E-state index contributed by atoms with van der Waals surface area (Å²) in [4.78, 5) is 10.5. The summed E-state index contributed by atoms with van der Waals surface area (Å²) in [7, 11) is 0. The van der Waals surface area contributed by atoms with Gasteiger partial charge in [-0.2, -0.15) is 0 Å². The van der Waals surface area contributed by atoms with Crippen molar-refractivity contribution in [3.63, 3.8) is 0 Å². The Balaban J connectivity index is 3.02. The first-order valence-electron chi connectivity index (χ1n) is 5.42. The first-order chi connectivity index (χ1) is 7.67. The van der Waals surface area contributed by atoms with E-state index < -0.39 is 0 Å². The van der Waals surface area contributed by atoms with Crippen molar-refractivity contribution in [3.8, 4) is 5.75 Å². The minimum atomic E-state index is -0.353. The molecule has 0 aromatic heterocycles. The van der Waals surface area contributed by atoms with Crippen molar-refractivity contribution in [1.82, 2.24) is 0 Å². The van der Waals surface area contributed by atoms with Gasteiger partial charge in [0.15, 0.2) is 0 Å². The fourth-order valence-corrected chi connectivity index (χ4v) is 1.39. The maximum Gasteiger partial charge on any atom is 0.366 e. The number of rotatable bonds is 5. The molecule has 0 radical (unpaired) electrons. The van der Waals surface area contributed by atoms with Crippen molar-refractivity contribution >= 4 is 12.1 Å². The van der Waals surface area contributed by atoms with Crippen LogP contribution in [0.4, 0.5) is 4.39 Å². The molecule has 0 atom stereocenters. The van der Waals surface area contributed by atoms with E-state index in [4.69, 9.17) is 4.42 Å². The van der Waals surface area contributed by atoms with E-state index in [1.54, 1.807) is 13.0 Å². The number of carbonyl (C=O) groups is 1. The Hall–Kier alpha value is -1.51. The Morgan fingerprint density at radius 1 is 1.50 bits per heavy atom. The molecule has 86 valence electrons. The topological polar surface area (TPSA) is 28.4 Å². The van der Waals surface area contributed by atoms with Crippen LogP contribution in [-0.4, -0.2) is 12.1 Å². The molecule has 0 N–H and O–H groups in total. The molecular formula is C13H16FO2+. The second kappa shape index (κ2) is 6.16. The van der Waals surface area contributed by atoms with Gasteiger partial charge in [-0.05, 0) is 25.0 Å². The maximum absolute atomic E-state index is 13.0. The molecule has 0 aliphatic rings. The lowest BCUT2D eigenvalue weighted by Crippen LogP contribution is -1.96. The van der Waals surface area contributed by atoms with Gasteiger partial charge in [0, 0.05) is 0 Å². The van der Waals surface area contributed by atoms with Gasteiger partial charge in [0.25, 0.3) is 0 Å². The number of hydrogen-bond donors (Lipinski definition) is 0. The Bertz CT molecular complexity index is 397. The predicted molar refractivity (Wildman–Crippen MR) is 61.2 cm³/mol. The van der Waals surface area contributed by atoms with Crippen LogP contribution in [0.1, 0.15) is 32.3 Å². The van der Waals surface area contributed by atoms with E-state index in [2.05, 4.69) is 6.92 Å². The van der Waals surface area contributed by atoms with Crippen LogP contribution in [0.25, 0.3) is 0 Å². The summed E-state index contributed by atoms with van der Waals surface area (Å²) in [6.07, 6.45) is 3.53. The SMILES string of the molecule is CCCCc1ccc(F)cc1[O+]=C(C)C=O. The first-order valence-corrected chi connectivity index (χ1v) is 5.42. The highest BCUT2D eigenvalue weighted by atomic mass is 19.1. The van der Waals surface area contributed by atoms with Gasteiger partial charge in [-0.3, -0.25) is 4.79 Å². The van der Waals surface area contributed by atoms with Crippen LogP contribution < -0.4 is 0 Å². The van der Waals surface area contributed by atoms with Crippen molar-refractivity contribution in [1.29, 1.82) is 0 Å². The molecule has 1 aromatic carbocycles.